The third kappa shape index (κ3) is 4.88. The molecule has 2 aromatic carbocycles. The number of alkyl carbamates (subject to hydrolysis) is 1. The molecule has 0 bridgehead atoms. The van der Waals surface area contributed by atoms with Crippen LogP contribution in [0.5, 0.6) is 0 Å². The lowest BCUT2D eigenvalue weighted by molar-refractivity contribution is 0.104. The van der Waals surface area contributed by atoms with Crippen molar-refractivity contribution in [2.24, 2.45) is 0 Å². The Bertz CT molecular complexity index is 1200. The summed E-state index contributed by atoms with van der Waals surface area (Å²) >= 11 is 13.3. The Balaban J connectivity index is 1.45. The number of carbonyl (C=O) groups is 2. The number of ketones is 1. The van der Waals surface area contributed by atoms with Gasteiger partial charge >= 0.3 is 6.09 Å². The number of aromatic nitrogens is 1. The fraction of sp³-hybridized carbons (Fsp3) is 0.150. The molecule has 0 radical (unpaired) electrons. The highest BCUT2D eigenvalue weighted by Crippen LogP contribution is 2.34. The molecule has 1 aliphatic rings. The minimum Gasteiger partial charge on any atom is -0.443 e. The van der Waals surface area contributed by atoms with Gasteiger partial charge in [0.05, 0.1) is 38.7 Å². The molecule has 32 heavy (non-hydrogen) atoms. The van der Waals surface area contributed by atoms with Gasteiger partial charge in [-0.15, -0.1) is 0 Å². The number of nitrogens with two attached hydrogens (primary N) is 1. The maximum Gasteiger partial charge on any atom is 0.407 e. The Morgan fingerprint density at radius 1 is 1.25 bits per heavy atom. The normalized spacial score (nSPS) is 16.3. The molecule has 2 atom stereocenters. The molecule has 3 aromatic rings. The van der Waals surface area contributed by atoms with E-state index >= 15 is 0 Å². The number of thiazole rings is 1. The molecule has 4 rings (SSSR count). The van der Waals surface area contributed by atoms with Gasteiger partial charge in [0.15, 0.2) is 5.13 Å². The highest BCUT2D eigenvalue weighted by atomic mass is 35.5. The van der Waals surface area contributed by atoms with E-state index in [1.807, 2.05) is 0 Å². The number of cyclic esters (lactones) is 1. The van der Waals surface area contributed by atoms with Gasteiger partial charge < -0.3 is 21.1 Å². The van der Waals surface area contributed by atoms with Crippen LogP contribution in [-0.4, -0.2) is 39.5 Å². The molecule has 2 heterocycles. The van der Waals surface area contributed by atoms with Crippen LogP contribution >= 0.6 is 34.5 Å². The van der Waals surface area contributed by atoms with E-state index in [0.717, 1.165) is 11.3 Å². The summed E-state index contributed by atoms with van der Waals surface area (Å²) in [6.45, 7) is 0.343. The maximum absolute atomic E-state index is 12.9. The molecule has 1 saturated heterocycles. The smallest absolute Gasteiger partial charge is 0.407 e. The van der Waals surface area contributed by atoms with Crippen molar-refractivity contribution in [3.63, 3.8) is 0 Å². The second kappa shape index (κ2) is 9.45. The fourth-order valence-corrected chi connectivity index (χ4v) is 5.56. The number of rotatable bonds is 7. The van der Waals surface area contributed by atoms with Crippen LogP contribution in [-0.2, 0) is 15.5 Å². The molecule has 166 valence electrons. The number of nitrogens with zero attached hydrogens (tertiary/aromatic N) is 1. The SMILES string of the molecule is Nc1nc(Nc2ccc(S(=O)CC3CNC(=O)O3)cc2)sc1C(=O)c1c(Cl)cccc1Cl. The molecule has 0 aliphatic carbocycles. The van der Waals surface area contributed by atoms with Crippen molar-refractivity contribution in [1.82, 2.24) is 10.3 Å². The van der Waals surface area contributed by atoms with Crippen LogP contribution in [0.15, 0.2) is 47.4 Å². The first-order valence-electron chi connectivity index (χ1n) is 9.27. The Kier molecular flexibility index (Phi) is 6.66. The van der Waals surface area contributed by atoms with Crippen molar-refractivity contribution in [3.05, 3.63) is 63.0 Å². The summed E-state index contributed by atoms with van der Waals surface area (Å²) in [4.78, 5) is 29.0. The predicted octanol–water partition coefficient (Wildman–Crippen LogP) is 4.22. The minimum atomic E-state index is -1.32. The van der Waals surface area contributed by atoms with Crippen molar-refractivity contribution >= 4 is 73.9 Å². The molecule has 0 spiro atoms. The summed E-state index contributed by atoms with van der Waals surface area (Å²) in [6.07, 6.45) is -0.911. The second-order valence-corrected chi connectivity index (χ2v) is 10.0. The number of hydrogen-bond donors (Lipinski definition) is 3. The van der Waals surface area contributed by atoms with Crippen molar-refractivity contribution in [2.45, 2.75) is 11.0 Å². The van der Waals surface area contributed by atoms with Gasteiger partial charge in [-0.05, 0) is 36.4 Å². The third-order valence-corrected chi connectivity index (χ3v) is 7.59. The topological polar surface area (TPSA) is 123 Å². The number of nitrogens with one attached hydrogen (secondary N) is 2. The lowest BCUT2D eigenvalue weighted by atomic mass is 10.1. The highest BCUT2D eigenvalue weighted by molar-refractivity contribution is 7.85. The molecule has 8 nitrogen and oxygen atoms in total. The zero-order chi connectivity index (χ0) is 22.8. The van der Waals surface area contributed by atoms with E-state index in [2.05, 4.69) is 15.6 Å². The van der Waals surface area contributed by atoms with E-state index in [4.69, 9.17) is 33.7 Å². The van der Waals surface area contributed by atoms with E-state index in [-0.39, 0.29) is 32.1 Å². The first-order valence-corrected chi connectivity index (χ1v) is 12.2. The summed E-state index contributed by atoms with van der Waals surface area (Å²) in [5, 5.41) is 6.49. The third-order valence-electron chi connectivity index (χ3n) is 4.50. The zero-order valence-electron chi connectivity index (χ0n) is 16.3. The number of hydrogen-bond acceptors (Lipinski definition) is 8. The highest BCUT2D eigenvalue weighted by Gasteiger charge is 2.25. The summed E-state index contributed by atoms with van der Waals surface area (Å²) in [5.74, 6) is -0.127. The van der Waals surface area contributed by atoms with Crippen LogP contribution in [0.1, 0.15) is 15.2 Å². The number of carbonyl (C=O) groups excluding carboxylic acids is 2. The molecule has 0 saturated carbocycles. The van der Waals surface area contributed by atoms with E-state index < -0.39 is 28.8 Å². The van der Waals surface area contributed by atoms with Gasteiger partial charge in [0.25, 0.3) is 0 Å². The lowest BCUT2D eigenvalue weighted by Gasteiger charge is -2.08. The van der Waals surface area contributed by atoms with Crippen LogP contribution in [0, 0.1) is 0 Å². The fourth-order valence-electron chi connectivity index (χ4n) is 2.98. The molecule has 1 aliphatic heterocycles. The monoisotopic (exact) mass is 510 g/mol. The second-order valence-electron chi connectivity index (χ2n) is 6.73. The molecule has 2 unspecified atom stereocenters. The van der Waals surface area contributed by atoms with Gasteiger partial charge in [-0.3, -0.25) is 9.00 Å². The van der Waals surface area contributed by atoms with Crippen LogP contribution in [0.25, 0.3) is 0 Å². The maximum atomic E-state index is 12.9. The number of anilines is 3. The van der Waals surface area contributed by atoms with Gasteiger partial charge in [-0.1, -0.05) is 40.6 Å². The van der Waals surface area contributed by atoms with Gasteiger partial charge in [0, 0.05) is 10.6 Å². The van der Waals surface area contributed by atoms with Crippen LogP contribution in [0.2, 0.25) is 10.0 Å². The summed E-state index contributed by atoms with van der Waals surface area (Å²) in [6, 6.07) is 11.7. The van der Waals surface area contributed by atoms with E-state index in [9.17, 15) is 13.8 Å². The average Bonchev–Trinajstić information content (AvgIpc) is 3.33. The van der Waals surface area contributed by atoms with Crippen molar-refractivity contribution < 1.29 is 18.5 Å². The Labute approximate surface area is 199 Å². The number of benzene rings is 2. The predicted molar refractivity (Wildman–Crippen MR) is 126 cm³/mol. The number of halogens is 2. The van der Waals surface area contributed by atoms with Gasteiger partial charge in [-0.25, -0.2) is 9.78 Å². The van der Waals surface area contributed by atoms with E-state index in [1.54, 1.807) is 42.5 Å². The average molecular weight is 511 g/mol. The number of ether oxygens (including phenoxy) is 1. The first-order chi connectivity index (χ1) is 15.3. The summed E-state index contributed by atoms with van der Waals surface area (Å²) in [5.41, 5.74) is 6.80. The quantitative estimate of drug-likeness (QED) is 0.406. The van der Waals surface area contributed by atoms with Gasteiger partial charge in [0.2, 0.25) is 5.78 Å². The zero-order valence-corrected chi connectivity index (χ0v) is 19.4. The standard InChI is InChI=1S/C20H16Cl2N4O4S2/c21-13-2-1-3-14(22)15(13)16(27)17-18(23)26-19(31-17)25-10-4-6-12(7-5-10)32(29)9-11-8-24-20(28)30-11/h1-7,11H,8-9,23H2,(H,24,28)(H,25,26). The molecule has 1 fully saturated rings. The van der Waals surface area contributed by atoms with Crippen LogP contribution in [0.4, 0.5) is 21.4 Å². The summed E-state index contributed by atoms with van der Waals surface area (Å²) in [7, 11) is -1.32. The van der Waals surface area contributed by atoms with Gasteiger partial charge in [0.1, 0.15) is 16.8 Å². The molecular formula is C20H16Cl2N4O4S2. The molecule has 12 heteroatoms. The van der Waals surface area contributed by atoms with E-state index in [0.29, 0.717) is 22.3 Å². The Morgan fingerprint density at radius 2 is 1.94 bits per heavy atom. The molecule has 1 amide bonds. The van der Waals surface area contributed by atoms with Crippen molar-refractivity contribution in [2.75, 3.05) is 23.3 Å². The molecule has 4 N–H and O–H groups in total. The van der Waals surface area contributed by atoms with Gasteiger partial charge in [-0.2, -0.15) is 0 Å². The number of nitrogen functional groups attached to an aromatic ring is 1. The molecular weight excluding hydrogens is 495 g/mol. The van der Waals surface area contributed by atoms with Crippen molar-refractivity contribution in [3.8, 4) is 0 Å². The Hall–Kier alpha value is -2.66. The van der Waals surface area contributed by atoms with Crippen LogP contribution < -0.4 is 16.4 Å². The van der Waals surface area contributed by atoms with E-state index in [1.165, 1.54) is 0 Å². The Morgan fingerprint density at radius 3 is 2.56 bits per heavy atom. The lowest BCUT2D eigenvalue weighted by Crippen LogP contribution is -2.21. The largest absolute Gasteiger partial charge is 0.443 e. The minimum absolute atomic E-state index is 0.0657. The first kappa shape index (κ1) is 22.5. The molecule has 1 aromatic heterocycles. The number of amides is 1. The van der Waals surface area contributed by atoms with Crippen molar-refractivity contribution in [1.29, 1.82) is 0 Å². The van der Waals surface area contributed by atoms with Crippen LogP contribution in [0.3, 0.4) is 0 Å². The summed E-state index contributed by atoms with van der Waals surface area (Å²) < 4.78 is 17.5.